The molecular weight excluding hydrogens is 560 g/mol. The summed E-state index contributed by atoms with van der Waals surface area (Å²) in [7, 11) is 11.2. The van der Waals surface area contributed by atoms with Crippen LogP contribution in [0.4, 0.5) is 43.9 Å². The maximum atomic E-state index is 12.3. The Labute approximate surface area is 216 Å². The zero-order valence-corrected chi connectivity index (χ0v) is 22.0. The zero-order valence-electron chi connectivity index (χ0n) is 18.7. The average Bonchev–Trinajstić information content (AvgIpc) is 2.78. The summed E-state index contributed by atoms with van der Waals surface area (Å²) in [5.41, 5.74) is 0. The van der Waals surface area contributed by atoms with Crippen LogP contribution in [-0.2, 0) is 21.7 Å². The second kappa shape index (κ2) is 21.3. The molecule has 0 bridgehead atoms. The van der Waals surface area contributed by atoms with Gasteiger partial charge in [-0.2, -0.15) is 0 Å². The van der Waals surface area contributed by atoms with Crippen LogP contribution in [0.2, 0.25) is 0 Å². The predicted molar refractivity (Wildman–Crippen MR) is 112 cm³/mol. The fraction of sp³-hybridized carbons (Fsp3) is 0.333. The van der Waals surface area contributed by atoms with Gasteiger partial charge in [-0.05, 0) is 42.3 Å². The first-order valence-electron chi connectivity index (χ1n) is 8.34. The average molecular weight is 583 g/mol. The number of hydrogen-bond donors (Lipinski definition) is 5. The smallest absolute Gasteiger partial charge is 0.323 e. The number of rotatable bonds is 0. The molecule has 3 nitrogen and oxygen atoms in total. The van der Waals surface area contributed by atoms with Crippen molar-refractivity contribution in [2.75, 3.05) is 42.3 Å². The fourth-order valence-electron chi connectivity index (χ4n) is 1.19. The maximum Gasteiger partial charge on any atom is 4.00 e. The van der Waals surface area contributed by atoms with E-state index < -0.39 is 68.0 Å². The molecule has 0 aliphatic rings. The Morgan fingerprint density at radius 3 is 0.559 bits per heavy atom. The molecule has 2 rings (SSSR count). The van der Waals surface area contributed by atoms with Crippen molar-refractivity contribution in [3.63, 3.8) is 0 Å². The van der Waals surface area contributed by atoms with E-state index in [0.29, 0.717) is 0 Å². The van der Waals surface area contributed by atoms with E-state index in [1.54, 1.807) is 0 Å². The normalized spacial score (nSPS) is 9.00. The maximum absolute atomic E-state index is 12.3. The molecule has 0 saturated carbocycles. The molecule has 3 N–H and O–H groups in total. The molecule has 0 radical (unpaired) electrons. The van der Waals surface area contributed by atoms with Crippen LogP contribution in [0.1, 0.15) is 0 Å². The second-order valence-corrected chi connectivity index (χ2v) is 6.23. The molecule has 34 heavy (non-hydrogen) atoms. The third-order valence-electron chi connectivity index (χ3n) is 2.37. The topological polar surface area (TPSA) is 36.1 Å². The molecule has 0 fully saturated rings. The summed E-state index contributed by atoms with van der Waals surface area (Å²) in [4.78, 5) is -2.35. The molecule has 0 aliphatic carbocycles. The summed E-state index contributed by atoms with van der Waals surface area (Å²) in [5.74, 6) is -20.0. The van der Waals surface area contributed by atoms with Gasteiger partial charge in [0.2, 0.25) is 11.6 Å². The molecule has 0 atom stereocenters. The number of nitrogens with one attached hydrogen (secondary N) is 3. The molecule has 0 aliphatic heterocycles. The Balaban J connectivity index is -0.000000193. The molecule has 0 aromatic heterocycles. The molecule has 0 spiro atoms. The summed E-state index contributed by atoms with van der Waals surface area (Å²) >= 11 is 6.20. The van der Waals surface area contributed by atoms with Crippen molar-refractivity contribution in [2.24, 2.45) is 0 Å². The molecule has 0 heterocycles. The molecule has 2 aromatic rings. The summed E-state index contributed by atoms with van der Waals surface area (Å²) < 4.78 is 123. The van der Waals surface area contributed by atoms with Gasteiger partial charge < -0.3 is 16.0 Å². The zero-order chi connectivity index (χ0) is 27.0. The molecule has 0 amide bonds. The van der Waals surface area contributed by atoms with Crippen LogP contribution in [0.3, 0.4) is 0 Å². The standard InChI is InChI=1S/2C6HF5S.3C2H7N.Ti/c2*7-1-2(8)4(10)6(12)5(11)3(1)9;3*1-3-2;/h2*12H;3*3H,1-2H3;/q;;;;;+4. The predicted octanol–water partition coefficient (Wildman–Crippen LogP) is 4.85. The van der Waals surface area contributed by atoms with E-state index in [1.807, 2.05) is 42.3 Å². The van der Waals surface area contributed by atoms with Crippen LogP contribution in [0, 0.1) is 58.2 Å². The number of hydrogen-bond acceptors (Lipinski definition) is 5. The Bertz CT molecular complexity index is 595. The van der Waals surface area contributed by atoms with Crippen molar-refractivity contribution in [1.29, 1.82) is 0 Å². The minimum Gasteiger partial charge on any atom is -0.323 e. The minimum atomic E-state index is -2.18. The summed E-state index contributed by atoms with van der Waals surface area (Å²) in [5, 5.41) is 8.25. The number of halogens is 10. The van der Waals surface area contributed by atoms with Gasteiger partial charge in [0.25, 0.3) is 0 Å². The van der Waals surface area contributed by atoms with Crippen LogP contribution in [0.15, 0.2) is 9.79 Å². The Hall–Kier alpha value is -0.966. The largest absolute Gasteiger partial charge is 4.00 e. The molecule has 0 unspecified atom stereocenters. The Kier molecular flexibility index (Phi) is 25.2. The number of benzene rings is 2. The quantitative estimate of drug-likeness (QED) is 0.101. The molecule has 16 heteroatoms. The third kappa shape index (κ3) is 12.7. The molecule has 192 valence electrons. The Morgan fingerprint density at radius 1 is 0.353 bits per heavy atom. The van der Waals surface area contributed by atoms with Gasteiger partial charge in [-0.25, -0.2) is 43.9 Å². The van der Waals surface area contributed by atoms with Gasteiger partial charge in [0.05, 0.1) is 9.79 Å². The SMILES string of the molecule is CNC.CNC.CNC.Fc1c(F)c(F)c(S)c(F)c1F.Fc1c(F)c(F)c(S)c(F)c1F.[Ti+4]. The summed E-state index contributed by atoms with van der Waals surface area (Å²) in [6.45, 7) is 0. The van der Waals surface area contributed by atoms with Crippen molar-refractivity contribution in [3.05, 3.63) is 58.2 Å². The summed E-state index contributed by atoms with van der Waals surface area (Å²) in [6, 6.07) is 0. The fourth-order valence-corrected chi connectivity index (χ4v) is 1.58. The van der Waals surface area contributed by atoms with Gasteiger partial charge >= 0.3 is 21.7 Å². The molecule has 2 aromatic carbocycles. The second-order valence-electron chi connectivity index (χ2n) is 5.34. The Morgan fingerprint density at radius 2 is 0.441 bits per heavy atom. The van der Waals surface area contributed by atoms with Crippen LogP contribution in [0.25, 0.3) is 0 Å². The van der Waals surface area contributed by atoms with Crippen molar-refractivity contribution in [3.8, 4) is 0 Å². The van der Waals surface area contributed by atoms with E-state index in [2.05, 4.69) is 41.2 Å². The van der Waals surface area contributed by atoms with Crippen molar-refractivity contribution in [1.82, 2.24) is 16.0 Å². The van der Waals surface area contributed by atoms with Crippen molar-refractivity contribution in [2.45, 2.75) is 9.79 Å². The summed E-state index contributed by atoms with van der Waals surface area (Å²) in [6.07, 6.45) is 0. The van der Waals surface area contributed by atoms with Gasteiger partial charge in [-0.1, -0.05) is 0 Å². The first kappa shape index (κ1) is 40.2. The van der Waals surface area contributed by atoms with Gasteiger partial charge in [0, 0.05) is 0 Å². The first-order chi connectivity index (χ1) is 15.2. The number of thiol groups is 2. The first-order valence-corrected chi connectivity index (χ1v) is 9.23. The van der Waals surface area contributed by atoms with E-state index in [1.165, 1.54) is 0 Å². The monoisotopic (exact) mass is 583 g/mol. The van der Waals surface area contributed by atoms with Gasteiger partial charge in [0.1, 0.15) is 0 Å². The van der Waals surface area contributed by atoms with Gasteiger partial charge in [-0.3, -0.25) is 0 Å². The van der Waals surface area contributed by atoms with Crippen LogP contribution >= 0.6 is 25.3 Å². The van der Waals surface area contributed by atoms with E-state index >= 15 is 0 Å². The minimum absolute atomic E-state index is 0. The molecular formula is C18H23F10N3S2Ti+4. The van der Waals surface area contributed by atoms with Crippen LogP contribution in [0.5, 0.6) is 0 Å². The molecule has 0 saturated heterocycles. The van der Waals surface area contributed by atoms with E-state index in [9.17, 15) is 43.9 Å². The van der Waals surface area contributed by atoms with E-state index in [0.717, 1.165) is 0 Å². The van der Waals surface area contributed by atoms with Crippen LogP contribution < -0.4 is 16.0 Å². The van der Waals surface area contributed by atoms with E-state index in [4.69, 9.17) is 0 Å². The van der Waals surface area contributed by atoms with Gasteiger partial charge in [0.15, 0.2) is 46.5 Å². The third-order valence-corrected chi connectivity index (χ3v) is 3.16. The van der Waals surface area contributed by atoms with Crippen molar-refractivity contribution < 1.29 is 65.6 Å². The van der Waals surface area contributed by atoms with E-state index in [-0.39, 0.29) is 21.7 Å². The van der Waals surface area contributed by atoms with Gasteiger partial charge in [-0.15, -0.1) is 25.3 Å². The van der Waals surface area contributed by atoms with Crippen molar-refractivity contribution >= 4 is 25.3 Å². The van der Waals surface area contributed by atoms with Crippen LogP contribution in [-0.4, -0.2) is 42.3 Å².